The highest BCUT2D eigenvalue weighted by molar-refractivity contribution is 6.01. The van der Waals surface area contributed by atoms with Gasteiger partial charge in [-0.05, 0) is 45.0 Å². The Kier molecular flexibility index (Phi) is 4.47. The number of nitrogens with two attached hydrogens (primary N) is 1. The van der Waals surface area contributed by atoms with Gasteiger partial charge in [-0.1, -0.05) is 36.4 Å². The number of benzene rings is 2. The molecule has 1 fully saturated rings. The average Bonchev–Trinajstić information content (AvgIpc) is 2.63. The van der Waals surface area contributed by atoms with Crippen LogP contribution >= 0.6 is 0 Å². The van der Waals surface area contributed by atoms with E-state index in [0.717, 1.165) is 58.6 Å². The van der Waals surface area contributed by atoms with Crippen LogP contribution in [0, 0.1) is 6.92 Å². The van der Waals surface area contributed by atoms with E-state index in [0.29, 0.717) is 6.04 Å². The Bertz CT molecular complexity index is 937. The van der Waals surface area contributed by atoms with Gasteiger partial charge in [0.2, 0.25) is 0 Å². The molecule has 2 heterocycles. The molecule has 0 radical (unpaired) electrons. The summed E-state index contributed by atoms with van der Waals surface area (Å²) in [7, 11) is 2.17. The number of nitrogen functional groups attached to an aromatic ring is 1. The maximum atomic E-state index is 6.26. The molecule has 26 heavy (non-hydrogen) atoms. The molecular formula is C21H25N5. The van der Waals surface area contributed by atoms with Crippen LogP contribution in [-0.2, 0) is 0 Å². The van der Waals surface area contributed by atoms with Crippen LogP contribution in [0.3, 0.4) is 0 Å². The van der Waals surface area contributed by atoms with Crippen molar-refractivity contribution in [3.05, 3.63) is 48.0 Å². The predicted octanol–water partition coefficient (Wildman–Crippen LogP) is 3.69. The standard InChI is InChI=1S/C21H25N5/c1-14-9-10-18(19(22)12-14)20-16-7-3-4-8-17(16)21(25-24-20)23-15-6-5-11-26(2)13-15/h3-4,7-10,12,15H,5-6,11,13,22H2,1-2H3,(H,23,25)/t15-/m1/s1. The number of hydrogen-bond donors (Lipinski definition) is 2. The lowest BCUT2D eigenvalue weighted by molar-refractivity contribution is 0.261. The molecule has 0 spiro atoms. The van der Waals surface area contributed by atoms with Crippen molar-refractivity contribution in [1.82, 2.24) is 15.1 Å². The molecule has 1 aromatic heterocycles. The van der Waals surface area contributed by atoms with Gasteiger partial charge in [0.05, 0.1) is 0 Å². The van der Waals surface area contributed by atoms with Crippen molar-refractivity contribution in [3.8, 4) is 11.3 Å². The molecule has 1 atom stereocenters. The van der Waals surface area contributed by atoms with E-state index in [2.05, 4.69) is 45.7 Å². The van der Waals surface area contributed by atoms with Gasteiger partial charge in [-0.25, -0.2) is 0 Å². The first kappa shape index (κ1) is 16.8. The number of nitrogens with zero attached hydrogens (tertiary/aromatic N) is 3. The van der Waals surface area contributed by atoms with Crippen molar-refractivity contribution < 1.29 is 0 Å². The van der Waals surface area contributed by atoms with E-state index in [1.807, 2.05) is 31.2 Å². The summed E-state index contributed by atoms with van der Waals surface area (Å²) in [5, 5.41) is 14.8. The number of piperidine rings is 1. The summed E-state index contributed by atoms with van der Waals surface area (Å²) in [6, 6.07) is 14.8. The number of likely N-dealkylation sites (tertiary alicyclic amines) is 1. The van der Waals surface area contributed by atoms with E-state index in [1.165, 1.54) is 6.42 Å². The van der Waals surface area contributed by atoms with Crippen molar-refractivity contribution in [1.29, 1.82) is 0 Å². The summed E-state index contributed by atoms with van der Waals surface area (Å²) < 4.78 is 0. The van der Waals surface area contributed by atoms with E-state index in [9.17, 15) is 0 Å². The third-order valence-corrected chi connectivity index (χ3v) is 5.11. The Hall–Kier alpha value is -2.66. The van der Waals surface area contributed by atoms with Crippen molar-refractivity contribution in [2.75, 3.05) is 31.2 Å². The predicted molar refractivity (Wildman–Crippen MR) is 108 cm³/mol. The van der Waals surface area contributed by atoms with Crippen molar-refractivity contribution in [2.24, 2.45) is 0 Å². The van der Waals surface area contributed by atoms with Gasteiger partial charge in [-0.15, -0.1) is 10.2 Å². The molecule has 3 aromatic rings. The first-order chi connectivity index (χ1) is 12.6. The van der Waals surface area contributed by atoms with Gasteiger partial charge in [0.1, 0.15) is 5.69 Å². The summed E-state index contributed by atoms with van der Waals surface area (Å²) >= 11 is 0. The summed E-state index contributed by atoms with van der Waals surface area (Å²) in [6.45, 7) is 4.23. The largest absolute Gasteiger partial charge is 0.398 e. The molecule has 0 bridgehead atoms. The van der Waals surface area contributed by atoms with E-state index < -0.39 is 0 Å². The molecule has 0 amide bonds. The molecule has 134 valence electrons. The van der Waals surface area contributed by atoms with Crippen LogP contribution in [-0.4, -0.2) is 41.3 Å². The zero-order chi connectivity index (χ0) is 18.1. The maximum Gasteiger partial charge on any atom is 0.156 e. The first-order valence-electron chi connectivity index (χ1n) is 9.19. The molecule has 4 rings (SSSR count). The Morgan fingerprint density at radius 3 is 2.69 bits per heavy atom. The number of anilines is 2. The Balaban J connectivity index is 1.76. The lowest BCUT2D eigenvalue weighted by Crippen LogP contribution is -2.40. The number of aromatic nitrogens is 2. The number of likely N-dealkylation sites (N-methyl/N-ethyl adjacent to an activating group) is 1. The summed E-state index contributed by atoms with van der Waals surface area (Å²) in [5.41, 5.74) is 9.91. The second-order valence-corrected chi connectivity index (χ2v) is 7.28. The van der Waals surface area contributed by atoms with Crippen LogP contribution in [0.1, 0.15) is 18.4 Å². The fourth-order valence-corrected chi connectivity index (χ4v) is 3.78. The molecule has 2 aromatic carbocycles. The van der Waals surface area contributed by atoms with Crippen LogP contribution in [0.5, 0.6) is 0 Å². The minimum Gasteiger partial charge on any atom is -0.398 e. The first-order valence-corrected chi connectivity index (χ1v) is 9.19. The van der Waals surface area contributed by atoms with Crippen LogP contribution in [0.25, 0.3) is 22.0 Å². The highest BCUT2D eigenvalue weighted by Crippen LogP contribution is 2.33. The summed E-state index contributed by atoms with van der Waals surface area (Å²) in [5.74, 6) is 0.857. The quantitative estimate of drug-likeness (QED) is 0.707. The maximum absolute atomic E-state index is 6.26. The molecule has 1 aliphatic rings. The highest BCUT2D eigenvalue weighted by Gasteiger charge is 2.19. The lowest BCUT2D eigenvalue weighted by Gasteiger charge is -2.30. The van der Waals surface area contributed by atoms with Crippen LogP contribution < -0.4 is 11.1 Å². The normalized spacial score (nSPS) is 18.2. The molecule has 3 N–H and O–H groups in total. The van der Waals surface area contributed by atoms with Gasteiger partial charge >= 0.3 is 0 Å². The highest BCUT2D eigenvalue weighted by atomic mass is 15.2. The molecule has 1 aliphatic heterocycles. The minimum atomic E-state index is 0.404. The van der Waals surface area contributed by atoms with Gasteiger partial charge in [-0.3, -0.25) is 0 Å². The number of aryl methyl sites for hydroxylation is 1. The second kappa shape index (κ2) is 6.92. The Morgan fingerprint density at radius 2 is 1.92 bits per heavy atom. The molecular weight excluding hydrogens is 322 g/mol. The molecule has 0 saturated carbocycles. The SMILES string of the molecule is Cc1ccc(-c2nnc(N[C@@H]3CCCN(C)C3)c3ccccc23)c(N)c1. The van der Waals surface area contributed by atoms with Gasteiger partial charge in [0.25, 0.3) is 0 Å². The average molecular weight is 347 g/mol. The van der Waals surface area contributed by atoms with Crippen molar-refractivity contribution >= 4 is 22.3 Å². The number of hydrogen-bond acceptors (Lipinski definition) is 5. The third kappa shape index (κ3) is 3.22. The monoisotopic (exact) mass is 347 g/mol. The van der Waals surface area contributed by atoms with E-state index in [1.54, 1.807) is 0 Å². The zero-order valence-corrected chi connectivity index (χ0v) is 15.4. The van der Waals surface area contributed by atoms with E-state index >= 15 is 0 Å². The molecule has 5 nitrogen and oxygen atoms in total. The Morgan fingerprint density at radius 1 is 1.12 bits per heavy atom. The van der Waals surface area contributed by atoms with Gasteiger partial charge < -0.3 is 16.0 Å². The number of nitrogens with one attached hydrogen (secondary N) is 1. The number of fused-ring (bicyclic) bond motifs is 1. The molecule has 0 aliphatic carbocycles. The zero-order valence-electron chi connectivity index (χ0n) is 15.4. The van der Waals surface area contributed by atoms with Gasteiger partial charge in [-0.2, -0.15) is 0 Å². The summed E-state index contributed by atoms with van der Waals surface area (Å²) in [6.07, 6.45) is 2.37. The van der Waals surface area contributed by atoms with Gasteiger partial charge in [0, 0.05) is 34.6 Å². The summed E-state index contributed by atoms with van der Waals surface area (Å²) in [4.78, 5) is 2.36. The number of rotatable bonds is 3. The fraction of sp³-hybridized carbons (Fsp3) is 0.333. The van der Waals surface area contributed by atoms with Crippen LogP contribution in [0.15, 0.2) is 42.5 Å². The molecule has 5 heteroatoms. The third-order valence-electron chi connectivity index (χ3n) is 5.11. The second-order valence-electron chi connectivity index (χ2n) is 7.28. The van der Waals surface area contributed by atoms with Crippen molar-refractivity contribution in [3.63, 3.8) is 0 Å². The van der Waals surface area contributed by atoms with Gasteiger partial charge in [0.15, 0.2) is 5.82 Å². The minimum absolute atomic E-state index is 0.404. The van der Waals surface area contributed by atoms with E-state index in [4.69, 9.17) is 5.73 Å². The van der Waals surface area contributed by atoms with Crippen molar-refractivity contribution in [2.45, 2.75) is 25.8 Å². The molecule has 0 unspecified atom stereocenters. The topological polar surface area (TPSA) is 67.1 Å². The molecule has 1 saturated heterocycles. The van der Waals surface area contributed by atoms with Crippen LogP contribution in [0.2, 0.25) is 0 Å². The van der Waals surface area contributed by atoms with E-state index in [-0.39, 0.29) is 0 Å². The fourth-order valence-electron chi connectivity index (χ4n) is 3.78. The smallest absolute Gasteiger partial charge is 0.156 e. The lowest BCUT2D eigenvalue weighted by atomic mass is 10.0. The Labute approximate surface area is 154 Å². The van der Waals surface area contributed by atoms with Crippen LogP contribution in [0.4, 0.5) is 11.5 Å².